The van der Waals surface area contributed by atoms with Gasteiger partial charge in [0.05, 0.1) is 6.04 Å². The number of aromatic amines is 1. The zero-order valence-corrected chi connectivity index (χ0v) is 11.4. The van der Waals surface area contributed by atoms with Crippen molar-refractivity contribution in [3.05, 3.63) is 21.9 Å². The van der Waals surface area contributed by atoms with Gasteiger partial charge in [0.1, 0.15) is 5.82 Å². The minimum Gasteiger partial charge on any atom is -0.348 e. The largest absolute Gasteiger partial charge is 0.348 e. The van der Waals surface area contributed by atoms with E-state index in [-0.39, 0.29) is 17.5 Å². The van der Waals surface area contributed by atoms with E-state index in [9.17, 15) is 9.59 Å². The SMILES string of the molecule is CCC(NC(C)=O)c1nnc(C2CCCC2)[nH]c1=O. The number of hydrogen-bond donors (Lipinski definition) is 2. The number of aromatic nitrogens is 3. The van der Waals surface area contributed by atoms with E-state index in [4.69, 9.17) is 0 Å². The summed E-state index contributed by atoms with van der Waals surface area (Å²) in [5, 5.41) is 10.9. The Morgan fingerprint density at radius 1 is 1.42 bits per heavy atom. The first-order valence-corrected chi connectivity index (χ1v) is 6.85. The summed E-state index contributed by atoms with van der Waals surface area (Å²) in [6.07, 6.45) is 5.10. The Labute approximate surface area is 112 Å². The molecule has 1 aliphatic rings. The first-order valence-electron chi connectivity index (χ1n) is 6.85. The Bertz CT molecular complexity index is 506. The van der Waals surface area contributed by atoms with Crippen molar-refractivity contribution >= 4 is 5.91 Å². The van der Waals surface area contributed by atoms with Crippen molar-refractivity contribution in [1.82, 2.24) is 20.5 Å². The molecule has 1 fully saturated rings. The number of nitrogens with one attached hydrogen (secondary N) is 2. The Hall–Kier alpha value is -1.72. The van der Waals surface area contributed by atoms with E-state index < -0.39 is 0 Å². The molecule has 0 saturated heterocycles. The van der Waals surface area contributed by atoms with Gasteiger partial charge in [-0.25, -0.2) is 0 Å². The van der Waals surface area contributed by atoms with Gasteiger partial charge in [0, 0.05) is 12.8 Å². The van der Waals surface area contributed by atoms with E-state index in [0.29, 0.717) is 23.9 Å². The molecule has 0 radical (unpaired) electrons. The van der Waals surface area contributed by atoms with E-state index >= 15 is 0 Å². The minimum atomic E-state index is -0.369. The number of carbonyl (C=O) groups is 1. The quantitative estimate of drug-likeness (QED) is 0.860. The molecule has 1 aromatic rings. The van der Waals surface area contributed by atoms with Gasteiger partial charge in [0.15, 0.2) is 5.69 Å². The van der Waals surface area contributed by atoms with Crippen molar-refractivity contribution in [2.45, 2.75) is 57.9 Å². The molecule has 0 aromatic carbocycles. The van der Waals surface area contributed by atoms with Crippen LogP contribution in [0.4, 0.5) is 0 Å². The second-order valence-electron chi connectivity index (χ2n) is 5.07. The number of carbonyl (C=O) groups excluding carboxylic acids is 1. The predicted molar refractivity (Wildman–Crippen MR) is 70.7 cm³/mol. The molecule has 1 aromatic heterocycles. The molecule has 1 heterocycles. The predicted octanol–water partition coefficient (Wildman–Crippen LogP) is 1.41. The number of amides is 1. The molecule has 2 N–H and O–H groups in total. The molecular formula is C13H20N4O2. The summed E-state index contributed by atoms with van der Waals surface area (Å²) in [4.78, 5) is 26.0. The van der Waals surface area contributed by atoms with Crippen LogP contribution in [0, 0.1) is 0 Å². The summed E-state index contributed by atoms with van der Waals surface area (Å²) in [6.45, 7) is 3.32. The molecule has 6 heteroatoms. The van der Waals surface area contributed by atoms with Gasteiger partial charge in [-0.3, -0.25) is 9.59 Å². The van der Waals surface area contributed by atoms with Crippen molar-refractivity contribution in [3.63, 3.8) is 0 Å². The summed E-state index contributed by atoms with van der Waals surface area (Å²) in [6, 6.07) is -0.369. The molecule has 0 aliphatic heterocycles. The lowest BCUT2D eigenvalue weighted by molar-refractivity contribution is -0.119. The van der Waals surface area contributed by atoms with Gasteiger partial charge in [-0.2, -0.15) is 0 Å². The van der Waals surface area contributed by atoms with E-state index in [2.05, 4.69) is 20.5 Å². The second-order valence-corrected chi connectivity index (χ2v) is 5.07. The summed E-state index contributed by atoms with van der Waals surface area (Å²) in [7, 11) is 0. The maximum Gasteiger partial charge on any atom is 0.275 e. The molecule has 2 rings (SSSR count). The Morgan fingerprint density at radius 3 is 2.63 bits per heavy atom. The number of rotatable bonds is 4. The highest BCUT2D eigenvalue weighted by Gasteiger charge is 2.22. The molecule has 1 unspecified atom stereocenters. The fourth-order valence-electron chi connectivity index (χ4n) is 2.58. The first kappa shape index (κ1) is 13.7. The van der Waals surface area contributed by atoms with Crippen LogP contribution in [-0.4, -0.2) is 21.1 Å². The first-order chi connectivity index (χ1) is 9.11. The molecule has 0 bridgehead atoms. The Balaban J connectivity index is 2.22. The molecule has 1 amide bonds. The number of H-pyrrole nitrogens is 1. The highest BCUT2D eigenvalue weighted by Crippen LogP contribution is 2.31. The van der Waals surface area contributed by atoms with Gasteiger partial charge < -0.3 is 10.3 Å². The maximum absolute atomic E-state index is 12.1. The summed E-state index contributed by atoms with van der Waals surface area (Å²) >= 11 is 0. The van der Waals surface area contributed by atoms with Crippen LogP contribution in [0.5, 0.6) is 0 Å². The van der Waals surface area contributed by atoms with E-state index in [1.807, 2.05) is 6.92 Å². The van der Waals surface area contributed by atoms with Crippen molar-refractivity contribution in [3.8, 4) is 0 Å². The topological polar surface area (TPSA) is 87.7 Å². The van der Waals surface area contributed by atoms with Crippen LogP contribution in [-0.2, 0) is 4.79 Å². The fraction of sp³-hybridized carbons (Fsp3) is 0.692. The van der Waals surface area contributed by atoms with Crippen LogP contribution in [0.2, 0.25) is 0 Å². The molecule has 19 heavy (non-hydrogen) atoms. The molecule has 1 aliphatic carbocycles. The number of hydrogen-bond acceptors (Lipinski definition) is 4. The monoisotopic (exact) mass is 264 g/mol. The van der Waals surface area contributed by atoms with Crippen LogP contribution in [0.1, 0.15) is 69.4 Å². The molecule has 1 saturated carbocycles. The fourth-order valence-corrected chi connectivity index (χ4v) is 2.58. The van der Waals surface area contributed by atoms with Gasteiger partial charge in [-0.15, -0.1) is 10.2 Å². The third-order valence-corrected chi connectivity index (χ3v) is 3.60. The summed E-state index contributed by atoms with van der Waals surface area (Å²) < 4.78 is 0. The lowest BCUT2D eigenvalue weighted by atomic mass is 10.1. The molecule has 1 atom stereocenters. The van der Waals surface area contributed by atoms with Gasteiger partial charge in [0.2, 0.25) is 5.91 Å². The maximum atomic E-state index is 12.1. The van der Waals surface area contributed by atoms with Crippen LogP contribution in [0.25, 0.3) is 0 Å². The Kier molecular flexibility index (Phi) is 4.29. The van der Waals surface area contributed by atoms with E-state index in [0.717, 1.165) is 12.8 Å². The average Bonchev–Trinajstić information content (AvgIpc) is 2.89. The molecular weight excluding hydrogens is 244 g/mol. The van der Waals surface area contributed by atoms with Crippen molar-refractivity contribution in [2.24, 2.45) is 0 Å². The second kappa shape index (κ2) is 5.95. The van der Waals surface area contributed by atoms with Crippen molar-refractivity contribution in [2.75, 3.05) is 0 Å². The minimum absolute atomic E-state index is 0.173. The lowest BCUT2D eigenvalue weighted by Crippen LogP contribution is -2.32. The molecule has 6 nitrogen and oxygen atoms in total. The average molecular weight is 264 g/mol. The van der Waals surface area contributed by atoms with Gasteiger partial charge in [-0.05, 0) is 19.3 Å². The van der Waals surface area contributed by atoms with Crippen LogP contribution in [0.15, 0.2) is 4.79 Å². The highest BCUT2D eigenvalue weighted by atomic mass is 16.1. The van der Waals surface area contributed by atoms with E-state index in [1.54, 1.807) is 0 Å². The summed E-state index contributed by atoms with van der Waals surface area (Å²) in [5.74, 6) is 0.840. The van der Waals surface area contributed by atoms with Gasteiger partial charge in [0.25, 0.3) is 5.56 Å². The third-order valence-electron chi connectivity index (χ3n) is 3.60. The summed E-state index contributed by atoms with van der Waals surface area (Å²) in [5.41, 5.74) is 0.0527. The standard InChI is InChI=1S/C13H20N4O2/c1-3-10(14-8(2)18)11-13(19)15-12(17-16-11)9-6-4-5-7-9/h9-10H,3-7H2,1-2H3,(H,14,18)(H,15,17,19). The smallest absolute Gasteiger partial charge is 0.275 e. The highest BCUT2D eigenvalue weighted by molar-refractivity contribution is 5.73. The van der Waals surface area contributed by atoms with Crippen LogP contribution < -0.4 is 10.9 Å². The van der Waals surface area contributed by atoms with Gasteiger partial charge >= 0.3 is 0 Å². The van der Waals surface area contributed by atoms with Gasteiger partial charge in [-0.1, -0.05) is 19.8 Å². The lowest BCUT2D eigenvalue weighted by Gasteiger charge is -2.14. The zero-order chi connectivity index (χ0) is 13.8. The Morgan fingerprint density at radius 2 is 2.11 bits per heavy atom. The normalized spacial score (nSPS) is 17.4. The molecule has 104 valence electrons. The third kappa shape index (κ3) is 3.19. The van der Waals surface area contributed by atoms with Crippen LogP contribution in [0.3, 0.4) is 0 Å². The molecule has 0 spiro atoms. The zero-order valence-electron chi connectivity index (χ0n) is 11.4. The van der Waals surface area contributed by atoms with Crippen LogP contribution >= 0.6 is 0 Å². The van der Waals surface area contributed by atoms with Crippen molar-refractivity contribution in [1.29, 1.82) is 0 Å². The number of nitrogens with zero attached hydrogens (tertiary/aromatic N) is 2. The van der Waals surface area contributed by atoms with Crippen molar-refractivity contribution < 1.29 is 4.79 Å². The van der Waals surface area contributed by atoms with E-state index in [1.165, 1.54) is 19.8 Å².